The number of carbonyl (C=O) groups is 1. The van der Waals surface area contributed by atoms with E-state index in [1.54, 1.807) is 30.2 Å². The van der Waals surface area contributed by atoms with Gasteiger partial charge in [0.2, 0.25) is 15.9 Å². The molecular formula is C19H22N2O4S. The number of nitrogens with one attached hydrogen (secondary N) is 1. The van der Waals surface area contributed by atoms with Crippen LogP contribution in [-0.2, 0) is 21.2 Å². The van der Waals surface area contributed by atoms with E-state index in [-0.39, 0.29) is 11.7 Å². The number of ether oxygens (including phenoxy) is 1. The molecule has 3 rings (SSSR count). The van der Waals surface area contributed by atoms with Gasteiger partial charge in [-0.25, -0.2) is 8.42 Å². The summed E-state index contributed by atoms with van der Waals surface area (Å²) >= 11 is 0. The van der Waals surface area contributed by atoms with Crippen molar-refractivity contribution in [3.05, 3.63) is 54.1 Å². The average molecular weight is 374 g/mol. The molecule has 0 saturated carbocycles. The predicted molar refractivity (Wildman–Crippen MR) is 102 cm³/mol. The molecule has 0 aliphatic carbocycles. The summed E-state index contributed by atoms with van der Waals surface area (Å²) in [6.07, 6.45) is 1.78. The summed E-state index contributed by atoms with van der Waals surface area (Å²) in [4.78, 5) is 13.5. The van der Waals surface area contributed by atoms with E-state index in [1.165, 1.54) is 0 Å². The molecule has 1 saturated heterocycles. The molecule has 0 unspecified atom stereocenters. The van der Waals surface area contributed by atoms with Gasteiger partial charge < -0.3 is 9.64 Å². The van der Waals surface area contributed by atoms with E-state index in [0.717, 1.165) is 23.4 Å². The Bertz CT molecular complexity index is 879. The third kappa shape index (κ3) is 4.54. The molecule has 1 aliphatic heterocycles. The Morgan fingerprint density at radius 1 is 1.15 bits per heavy atom. The first-order chi connectivity index (χ1) is 12.5. The van der Waals surface area contributed by atoms with Gasteiger partial charge in [-0.1, -0.05) is 18.2 Å². The zero-order valence-corrected chi connectivity index (χ0v) is 15.5. The second-order valence-corrected chi connectivity index (χ2v) is 8.06. The highest BCUT2D eigenvalue weighted by Gasteiger charge is 2.22. The molecule has 1 heterocycles. The molecule has 1 amide bonds. The van der Waals surface area contributed by atoms with Crippen LogP contribution in [0.3, 0.4) is 0 Å². The van der Waals surface area contributed by atoms with Crippen LogP contribution in [0.15, 0.2) is 48.5 Å². The van der Waals surface area contributed by atoms with Crippen LogP contribution in [0.1, 0.15) is 18.4 Å². The summed E-state index contributed by atoms with van der Waals surface area (Å²) < 4.78 is 32.4. The van der Waals surface area contributed by atoms with Gasteiger partial charge in [0, 0.05) is 18.7 Å². The molecule has 2 aromatic rings. The molecular weight excluding hydrogens is 352 g/mol. The summed E-state index contributed by atoms with van der Waals surface area (Å²) in [7, 11) is -1.90. The van der Waals surface area contributed by atoms with E-state index in [4.69, 9.17) is 4.74 Å². The first kappa shape index (κ1) is 18.3. The highest BCUT2D eigenvalue weighted by molar-refractivity contribution is 7.92. The normalized spacial score (nSPS) is 14.5. The van der Waals surface area contributed by atoms with Crippen molar-refractivity contribution in [2.24, 2.45) is 0 Å². The van der Waals surface area contributed by atoms with Crippen LogP contribution < -0.4 is 14.4 Å². The summed E-state index contributed by atoms with van der Waals surface area (Å²) in [6, 6.07) is 14.3. The summed E-state index contributed by atoms with van der Waals surface area (Å²) in [5.74, 6) is 0.791. The van der Waals surface area contributed by atoms with Gasteiger partial charge in [0.1, 0.15) is 5.75 Å². The van der Waals surface area contributed by atoms with E-state index in [2.05, 4.69) is 4.72 Å². The van der Waals surface area contributed by atoms with Crippen LogP contribution in [0.5, 0.6) is 5.75 Å². The van der Waals surface area contributed by atoms with Gasteiger partial charge in [0.15, 0.2) is 0 Å². The Labute approximate surface area is 153 Å². The Morgan fingerprint density at radius 3 is 2.58 bits per heavy atom. The summed E-state index contributed by atoms with van der Waals surface area (Å²) in [5, 5.41) is 0. The summed E-state index contributed by atoms with van der Waals surface area (Å²) in [6.45, 7) is 0.673. The molecule has 138 valence electrons. The molecule has 0 radical (unpaired) electrons. The van der Waals surface area contributed by atoms with Gasteiger partial charge >= 0.3 is 0 Å². The lowest BCUT2D eigenvalue weighted by Gasteiger charge is -2.17. The van der Waals surface area contributed by atoms with Gasteiger partial charge in [-0.15, -0.1) is 0 Å². The maximum Gasteiger partial charge on any atom is 0.233 e. The number of hydrogen-bond donors (Lipinski definition) is 1. The van der Waals surface area contributed by atoms with Crippen molar-refractivity contribution in [1.82, 2.24) is 0 Å². The molecule has 1 aliphatic rings. The first-order valence-corrected chi connectivity index (χ1v) is 10.2. The van der Waals surface area contributed by atoms with Crippen molar-refractivity contribution in [1.29, 1.82) is 0 Å². The van der Waals surface area contributed by atoms with Crippen molar-refractivity contribution in [3.8, 4) is 5.75 Å². The van der Waals surface area contributed by atoms with E-state index >= 15 is 0 Å². The topological polar surface area (TPSA) is 75.7 Å². The predicted octanol–water partition coefficient (Wildman–Crippen LogP) is 2.81. The molecule has 26 heavy (non-hydrogen) atoms. The molecule has 7 heteroatoms. The summed E-state index contributed by atoms with van der Waals surface area (Å²) in [5.41, 5.74) is 2.12. The molecule has 0 bridgehead atoms. The third-order valence-corrected chi connectivity index (χ3v) is 5.61. The number of rotatable bonds is 7. The number of carbonyl (C=O) groups excluding carboxylic acids is 1. The van der Waals surface area contributed by atoms with Gasteiger partial charge in [0.25, 0.3) is 0 Å². The molecule has 1 N–H and O–H groups in total. The van der Waals surface area contributed by atoms with Crippen molar-refractivity contribution in [2.75, 3.05) is 29.0 Å². The van der Waals surface area contributed by atoms with Gasteiger partial charge in [0.05, 0.1) is 18.6 Å². The fourth-order valence-electron chi connectivity index (χ4n) is 2.93. The highest BCUT2D eigenvalue weighted by atomic mass is 32.2. The quantitative estimate of drug-likeness (QED) is 0.809. The highest BCUT2D eigenvalue weighted by Crippen LogP contribution is 2.24. The number of hydrogen-bond acceptors (Lipinski definition) is 4. The van der Waals surface area contributed by atoms with E-state index in [9.17, 15) is 13.2 Å². The van der Waals surface area contributed by atoms with Crippen LogP contribution in [0, 0.1) is 0 Å². The Hall–Kier alpha value is -2.54. The lowest BCUT2D eigenvalue weighted by atomic mass is 10.2. The molecule has 0 aromatic heterocycles. The fourth-order valence-corrected chi connectivity index (χ4v) is 4.03. The Balaban J connectivity index is 1.64. The lowest BCUT2D eigenvalue weighted by molar-refractivity contribution is -0.117. The minimum atomic E-state index is -3.49. The number of sulfonamides is 1. The van der Waals surface area contributed by atoms with Crippen molar-refractivity contribution < 1.29 is 17.9 Å². The van der Waals surface area contributed by atoms with Crippen molar-refractivity contribution in [3.63, 3.8) is 0 Å². The SMILES string of the molecule is COc1ccc(CCS(=O)(=O)Nc2cccc(N3CCCC3=O)c2)cc1. The average Bonchev–Trinajstić information content (AvgIpc) is 3.06. The monoisotopic (exact) mass is 374 g/mol. The Morgan fingerprint density at radius 2 is 1.92 bits per heavy atom. The third-order valence-electron chi connectivity index (χ3n) is 4.32. The molecule has 1 fully saturated rings. The van der Waals surface area contributed by atoms with Gasteiger partial charge in [-0.3, -0.25) is 9.52 Å². The largest absolute Gasteiger partial charge is 0.497 e. The lowest BCUT2D eigenvalue weighted by Crippen LogP contribution is -2.24. The number of nitrogens with zero attached hydrogens (tertiary/aromatic N) is 1. The van der Waals surface area contributed by atoms with Crippen molar-refractivity contribution in [2.45, 2.75) is 19.3 Å². The number of aryl methyl sites for hydroxylation is 1. The molecule has 0 spiro atoms. The van der Waals surface area contributed by atoms with Crippen LogP contribution in [0.25, 0.3) is 0 Å². The van der Waals surface area contributed by atoms with E-state index < -0.39 is 10.0 Å². The van der Waals surface area contributed by atoms with Gasteiger partial charge in [-0.2, -0.15) is 0 Å². The van der Waals surface area contributed by atoms with Crippen LogP contribution in [-0.4, -0.2) is 33.7 Å². The smallest absolute Gasteiger partial charge is 0.233 e. The molecule has 6 nitrogen and oxygen atoms in total. The standard InChI is InChI=1S/C19H22N2O4S/c1-25-18-9-7-15(8-10-18)11-13-26(23,24)20-16-4-2-5-17(14-16)21-12-3-6-19(21)22/h2,4-5,7-10,14,20H,3,6,11-13H2,1H3. The molecule has 2 aromatic carbocycles. The maximum absolute atomic E-state index is 12.4. The Kier molecular flexibility index (Phi) is 5.46. The molecule has 0 atom stereocenters. The fraction of sp³-hybridized carbons (Fsp3) is 0.316. The number of anilines is 2. The zero-order chi connectivity index (χ0) is 18.6. The van der Waals surface area contributed by atoms with Crippen LogP contribution in [0.4, 0.5) is 11.4 Å². The number of benzene rings is 2. The zero-order valence-electron chi connectivity index (χ0n) is 14.6. The van der Waals surface area contributed by atoms with E-state index in [0.29, 0.717) is 25.1 Å². The number of methoxy groups -OCH3 is 1. The van der Waals surface area contributed by atoms with Gasteiger partial charge in [-0.05, 0) is 48.7 Å². The number of amides is 1. The maximum atomic E-state index is 12.4. The minimum absolute atomic E-state index is 0.0216. The second kappa shape index (κ2) is 7.78. The minimum Gasteiger partial charge on any atom is -0.497 e. The van der Waals surface area contributed by atoms with E-state index in [1.807, 2.05) is 30.3 Å². The van der Waals surface area contributed by atoms with Crippen LogP contribution >= 0.6 is 0 Å². The second-order valence-electron chi connectivity index (χ2n) is 6.22. The van der Waals surface area contributed by atoms with Crippen LogP contribution in [0.2, 0.25) is 0 Å². The van der Waals surface area contributed by atoms with Crippen molar-refractivity contribution >= 4 is 27.3 Å². The first-order valence-electron chi connectivity index (χ1n) is 8.51.